The number of hydrogen-bond acceptors (Lipinski definition) is 2. The third-order valence-electron chi connectivity index (χ3n) is 3.17. The first-order chi connectivity index (χ1) is 9.58. The van der Waals surface area contributed by atoms with Crippen molar-refractivity contribution in [2.75, 3.05) is 6.54 Å². The van der Waals surface area contributed by atoms with E-state index in [2.05, 4.69) is 35.9 Å². The number of rotatable bonds is 5. The Morgan fingerprint density at radius 1 is 1.10 bits per heavy atom. The zero-order chi connectivity index (χ0) is 14.4. The quantitative estimate of drug-likeness (QED) is 0.868. The molecule has 0 atom stereocenters. The van der Waals surface area contributed by atoms with E-state index in [0.717, 1.165) is 5.56 Å². The average Bonchev–Trinajstić information content (AvgIpc) is 2.99. The monoisotopic (exact) mass is 288 g/mol. The topological polar surface area (TPSA) is 41.1 Å². The number of urea groups is 1. The van der Waals surface area contributed by atoms with Gasteiger partial charge in [0.2, 0.25) is 0 Å². The van der Waals surface area contributed by atoms with Gasteiger partial charge < -0.3 is 10.6 Å². The molecular formula is C16H20N2OS. The summed E-state index contributed by atoms with van der Waals surface area (Å²) in [6, 6.07) is 13.9. The summed E-state index contributed by atoms with van der Waals surface area (Å²) in [4.78, 5) is 13.1. The van der Waals surface area contributed by atoms with Gasteiger partial charge >= 0.3 is 6.03 Å². The Balaban J connectivity index is 1.78. The van der Waals surface area contributed by atoms with Gasteiger partial charge in [-0.2, -0.15) is 0 Å². The van der Waals surface area contributed by atoms with Crippen LogP contribution in [0.25, 0.3) is 0 Å². The fourth-order valence-corrected chi connectivity index (χ4v) is 2.74. The fraction of sp³-hybridized carbons (Fsp3) is 0.312. The van der Waals surface area contributed by atoms with Crippen LogP contribution in [-0.2, 0) is 12.0 Å². The van der Waals surface area contributed by atoms with Crippen LogP contribution in [0.4, 0.5) is 4.79 Å². The fourth-order valence-electron chi connectivity index (χ4n) is 1.89. The van der Waals surface area contributed by atoms with Crippen molar-refractivity contribution in [3.05, 3.63) is 58.3 Å². The molecule has 2 aromatic rings. The molecular weight excluding hydrogens is 268 g/mol. The first-order valence-corrected chi connectivity index (χ1v) is 7.55. The maximum atomic E-state index is 11.8. The molecule has 20 heavy (non-hydrogen) atoms. The molecule has 2 amide bonds. The highest BCUT2D eigenvalue weighted by molar-refractivity contribution is 7.10. The molecule has 0 fully saturated rings. The molecule has 0 radical (unpaired) electrons. The molecule has 0 spiro atoms. The van der Waals surface area contributed by atoms with Crippen LogP contribution in [0, 0.1) is 0 Å². The number of benzene rings is 1. The normalized spacial score (nSPS) is 11.1. The molecule has 0 saturated carbocycles. The lowest BCUT2D eigenvalue weighted by Crippen LogP contribution is -2.41. The lowest BCUT2D eigenvalue weighted by molar-refractivity contribution is 0.238. The summed E-state index contributed by atoms with van der Waals surface area (Å²) >= 11 is 1.72. The molecule has 106 valence electrons. The van der Waals surface area contributed by atoms with Crippen LogP contribution in [0.5, 0.6) is 0 Å². The molecule has 0 bridgehead atoms. The number of hydrogen-bond donors (Lipinski definition) is 2. The summed E-state index contributed by atoms with van der Waals surface area (Å²) in [5.41, 5.74) is 1.05. The molecule has 3 nitrogen and oxygen atoms in total. The molecule has 1 heterocycles. The third kappa shape index (κ3) is 4.10. The van der Waals surface area contributed by atoms with E-state index in [1.54, 1.807) is 11.3 Å². The zero-order valence-corrected chi connectivity index (χ0v) is 12.7. The Labute approximate surface area is 124 Å². The minimum atomic E-state index is -0.126. The summed E-state index contributed by atoms with van der Waals surface area (Å²) in [5.74, 6) is 0. The smallest absolute Gasteiger partial charge is 0.315 e. The van der Waals surface area contributed by atoms with Gasteiger partial charge in [-0.25, -0.2) is 4.79 Å². The Morgan fingerprint density at radius 2 is 1.85 bits per heavy atom. The van der Waals surface area contributed by atoms with Gasteiger partial charge in [-0.05, 0) is 17.0 Å². The van der Waals surface area contributed by atoms with Crippen molar-refractivity contribution < 1.29 is 4.79 Å². The van der Waals surface area contributed by atoms with Crippen molar-refractivity contribution >= 4 is 17.4 Å². The molecule has 2 rings (SSSR count). The molecule has 4 heteroatoms. The largest absolute Gasteiger partial charge is 0.337 e. The lowest BCUT2D eigenvalue weighted by atomic mass is 9.91. The van der Waals surface area contributed by atoms with Crippen LogP contribution in [0.1, 0.15) is 24.3 Å². The van der Waals surface area contributed by atoms with Gasteiger partial charge in [0.25, 0.3) is 0 Å². The van der Waals surface area contributed by atoms with Gasteiger partial charge in [-0.3, -0.25) is 0 Å². The van der Waals surface area contributed by atoms with Crippen LogP contribution in [0.2, 0.25) is 0 Å². The molecule has 0 saturated heterocycles. The highest BCUT2D eigenvalue weighted by atomic mass is 32.1. The SMILES string of the molecule is CC(C)(CNC(=O)NCc1ccccc1)c1cccs1. The summed E-state index contributed by atoms with van der Waals surface area (Å²) in [6.45, 7) is 5.44. The number of nitrogens with one attached hydrogen (secondary N) is 2. The summed E-state index contributed by atoms with van der Waals surface area (Å²) in [6.07, 6.45) is 0. The number of thiophene rings is 1. The predicted molar refractivity (Wildman–Crippen MR) is 84.0 cm³/mol. The second-order valence-electron chi connectivity index (χ2n) is 5.38. The van der Waals surface area contributed by atoms with Gasteiger partial charge in [-0.15, -0.1) is 11.3 Å². The van der Waals surface area contributed by atoms with Gasteiger partial charge in [-0.1, -0.05) is 50.2 Å². The van der Waals surface area contributed by atoms with Gasteiger partial charge in [0.15, 0.2) is 0 Å². The van der Waals surface area contributed by atoms with E-state index in [-0.39, 0.29) is 11.4 Å². The van der Waals surface area contributed by atoms with E-state index in [4.69, 9.17) is 0 Å². The van der Waals surface area contributed by atoms with Gasteiger partial charge in [0.05, 0.1) is 0 Å². The first-order valence-electron chi connectivity index (χ1n) is 6.67. The van der Waals surface area contributed by atoms with Crippen LogP contribution in [0.3, 0.4) is 0 Å². The molecule has 0 aliphatic heterocycles. The molecule has 0 unspecified atom stereocenters. The standard InChI is InChI=1S/C16H20N2OS/c1-16(2,14-9-6-10-20-14)12-18-15(19)17-11-13-7-4-3-5-8-13/h3-10H,11-12H2,1-2H3,(H2,17,18,19). The Hall–Kier alpha value is -1.81. The predicted octanol–water partition coefficient (Wildman–Crippen LogP) is 3.53. The first kappa shape index (κ1) is 14.6. The van der Waals surface area contributed by atoms with Crippen LogP contribution < -0.4 is 10.6 Å². The third-order valence-corrected chi connectivity index (χ3v) is 4.41. The Bertz CT molecular complexity index is 535. The maximum Gasteiger partial charge on any atom is 0.315 e. The molecule has 2 N–H and O–H groups in total. The van der Waals surface area contributed by atoms with E-state index < -0.39 is 0 Å². The lowest BCUT2D eigenvalue weighted by Gasteiger charge is -2.23. The minimum Gasteiger partial charge on any atom is -0.337 e. The van der Waals surface area contributed by atoms with Crippen molar-refractivity contribution in [2.24, 2.45) is 0 Å². The van der Waals surface area contributed by atoms with E-state index in [1.807, 2.05) is 36.4 Å². The second-order valence-corrected chi connectivity index (χ2v) is 6.33. The summed E-state index contributed by atoms with van der Waals surface area (Å²) in [7, 11) is 0. The number of amides is 2. The van der Waals surface area contributed by atoms with Gasteiger partial charge in [0.1, 0.15) is 0 Å². The second kappa shape index (κ2) is 6.57. The van der Waals surface area contributed by atoms with Crippen LogP contribution in [-0.4, -0.2) is 12.6 Å². The van der Waals surface area contributed by atoms with Crippen molar-refractivity contribution in [3.8, 4) is 0 Å². The highest BCUT2D eigenvalue weighted by Crippen LogP contribution is 2.26. The highest BCUT2D eigenvalue weighted by Gasteiger charge is 2.22. The van der Waals surface area contributed by atoms with Crippen molar-refractivity contribution in [1.29, 1.82) is 0 Å². The number of carbonyl (C=O) groups is 1. The Morgan fingerprint density at radius 3 is 2.50 bits per heavy atom. The van der Waals surface area contributed by atoms with E-state index in [0.29, 0.717) is 13.1 Å². The molecule has 1 aromatic carbocycles. The van der Waals surface area contributed by atoms with Crippen LogP contribution >= 0.6 is 11.3 Å². The van der Waals surface area contributed by atoms with Crippen molar-refractivity contribution in [2.45, 2.75) is 25.8 Å². The molecule has 0 aliphatic carbocycles. The summed E-state index contributed by atoms with van der Waals surface area (Å²) in [5, 5.41) is 7.87. The van der Waals surface area contributed by atoms with Crippen molar-refractivity contribution in [3.63, 3.8) is 0 Å². The molecule has 0 aliphatic rings. The van der Waals surface area contributed by atoms with E-state index in [9.17, 15) is 4.79 Å². The molecule has 1 aromatic heterocycles. The average molecular weight is 288 g/mol. The number of carbonyl (C=O) groups excluding carboxylic acids is 1. The maximum absolute atomic E-state index is 11.8. The summed E-state index contributed by atoms with van der Waals surface area (Å²) < 4.78 is 0. The Kier molecular flexibility index (Phi) is 4.79. The van der Waals surface area contributed by atoms with E-state index in [1.165, 1.54) is 4.88 Å². The zero-order valence-electron chi connectivity index (χ0n) is 11.8. The van der Waals surface area contributed by atoms with E-state index >= 15 is 0 Å². The van der Waals surface area contributed by atoms with Crippen LogP contribution in [0.15, 0.2) is 47.8 Å². The van der Waals surface area contributed by atoms with Crippen molar-refractivity contribution in [1.82, 2.24) is 10.6 Å². The minimum absolute atomic E-state index is 0.0434. The van der Waals surface area contributed by atoms with Gasteiger partial charge in [0, 0.05) is 23.4 Å².